The Labute approximate surface area is 156 Å². The van der Waals surface area contributed by atoms with Gasteiger partial charge in [0.05, 0.1) is 6.61 Å². The van der Waals surface area contributed by atoms with Gasteiger partial charge in [-0.2, -0.15) is 0 Å². The summed E-state index contributed by atoms with van der Waals surface area (Å²) < 4.78 is 5.95. The number of epoxide rings is 1. The van der Waals surface area contributed by atoms with E-state index in [1.807, 2.05) is 0 Å². The third-order valence-electron chi connectivity index (χ3n) is 8.33. The van der Waals surface area contributed by atoms with E-state index in [0.29, 0.717) is 29.2 Å². The molecule has 1 heterocycles. The maximum absolute atomic E-state index is 10.7. The zero-order chi connectivity index (χ0) is 18.9. The molecular formula is C22H34O4. The molecule has 3 N–H and O–H groups in total. The lowest BCUT2D eigenvalue weighted by atomic mass is 9.46. The largest absolute Gasteiger partial charge is 0.392 e. The molecule has 0 aromatic carbocycles. The first kappa shape index (κ1) is 18.7. The zero-order valence-electron chi connectivity index (χ0n) is 16.4. The van der Waals surface area contributed by atoms with Gasteiger partial charge in [0.2, 0.25) is 0 Å². The number of aliphatic hydroxyl groups excluding tert-OH is 3. The van der Waals surface area contributed by atoms with E-state index in [1.54, 1.807) is 6.08 Å². The van der Waals surface area contributed by atoms with E-state index in [1.165, 1.54) is 31.3 Å². The van der Waals surface area contributed by atoms with Gasteiger partial charge in [0.25, 0.3) is 0 Å². The van der Waals surface area contributed by atoms with Crippen molar-refractivity contribution >= 4 is 0 Å². The van der Waals surface area contributed by atoms with Crippen LogP contribution in [-0.2, 0) is 4.74 Å². The van der Waals surface area contributed by atoms with Crippen molar-refractivity contribution in [3.8, 4) is 0 Å². The average molecular weight is 363 g/mol. The molecule has 4 aliphatic rings. The highest BCUT2D eigenvalue weighted by Gasteiger charge is 2.68. The molecule has 0 aromatic heterocycles. The molecule has 1 aliphatic heterocycles. The molecule has 7 atom stereocenters. The topological polar surface area (TPSA) is 73.2 Å². The molecule has 0 bridgehead atoms. The minimum Gasteiger partial charge on any atom is -0.392 e. The Kier molecular flexibility index (Phi) is 4.24. The minimum absolute atomic E-state index is 0.175. The number of hydrogen-bond donors (Lipinski definition) is 3. The zero-order valence-corrected chi connectivity index (χ0v) is 16.4. The summed E-state index contributed by atoms with van der Waals surface area (Å²) in [6.07, 6.45) is 6.29. The standard InChI is InChI=1S/C22H34O4/c1-13-6-7-16-20(2,3)8-5-9-21(16,4)15(13)11-22-17(24)10-14(12-23)18(25)19(22)26-22/h10,15-19,23-25H,1,5-9,11-12H2,2-4H3/t15-,16-,17+,18+,19+,21+,22-/m0/s1. The SMILES string of the molecule is C=C1CC[C@H]2C(C)(C)CCC[C@]2(C)[C@H]1C[C@@]12O[C@@H]1[C@H](O)C(CO)=C[C@H]2O. The van der Waals surface area contributed by atoms with Crippen LogP contribution in [-0.4, -0.2) is 45.8 Å². The highest BCUT2D eigenvalue weighted by atomic mass is 16.6. The van der Waals surface area contributed by atoms with Gasteiger partial charge in [-0.05, 0) is 66.4 Å². The van der Waals surface area contributed by atoms with E-state index in [-0.39, 0.29) is 12.0 Å². The highest BCUT2D eigenvalue weighted by molar-refractivity contribution is 5.32. The minimum atomic E-state index is -0.813. The summed E-state index contributed by atoms with van der Waals surface area (Å²) in [5.74, 6) is 0.957. The summed E-state index contributed by atoms with van der Waals surface area (Å²) in [6, 6.07) is 0. The van der Waals surface area contributed by atoms with Crippen LogP contribution in [0, 0.1) is 22.7 Å². The van der Waals surface area contributed by atoms with Gasteiger partial charge >= 0.3 is 0 Å². The smallest absolute Gasteiger partial charge is 0.128 e. The summed E-state index contributed by atoms with van der Waals surface area (Å²) in [5.41, 5.74) is 1.55. The second-order valence-corrected chi connectivity index (χ2v) is 10.1. The third-order valence-corrected chi connectivity index (χ3v) is 8.33. The predicted molar refractivity (Wildman–Crippen MR) is 100 cm³/mol. The Morgan fingerprint density at radius 2 is 1.96 bits per heavy atom. The fraction of sp³-hybridized carbons (Fsp3) is 0.818. The van der Waals surface area contributed by atoms with Gasteiger partial charge in [0.1, 0.15) is 23.9 Å². The summed E-state index contributed by atoms with van der Waals surface area (Å²) in [4.78, 5) is 0. The van der Waals surface area contributed by atoms with Crippen molar-refractivity contribution in [2.75, 3.05) is 6.61 Å². The van der Waals surface area contributed by atoms with E-state index >= 15 is 0 Å². The lowest BCUT2D eigenvalue weighted by Crippen LogP contribution is -2.52. The van der Waals surface area contributed by atoms with E-state index in [0.717, 1.165) is 6.42 Å². The molecule has 4 heteroatoms. The second kappa shape index (κ2) is 5.91. The molecule has 0 amide bonds. The summed E-state index contributed by atoms with van der Waals surface area (Å²) >= 11 is 0. The summed E-state index contributed by atoms with van der Waals surface area (Å²) in [7, 11) is 0. The van der Waals surface area contributed by atoms with Crippen LogP contribution in [0.3, 0.4) is 0 Å². The fourth-order valence-corrected chi connectivity index (χ4v) is 6.81. The summed E-state index contributed by atoms with van der Waals surface area (Å²) in [5, 5.41) is 30.6. The molecule has 146 valence electrons. The first-order valence-electron chi connectivity index (χ1n) is 10.2. The van der Waals surface area contributed by atoms with Gasteiger partial charge in [-0.1, -0.05) is 39.3 Å². The number of rotatable bonds is 3. The monoisotopic (exact) mass is 362 g/mol. The molecule has 0 spiro atoms. The molecule has 1 saturated heterocycles. The molecule has 26 heavy (non-hydrogen) atoms. The van der Waals surface area contributed by atoms with Crippen molar-refractivity contribution in [1.82, 2.24) is 0 Å². The van der Waals surface area contributed by atoms with E-state index < -0.39 is 23.9 Å². The molecule has 0 aromatic rings. The van der Waals surface area contributed by atoms with Crippen molar-refractivity contribution in [1.29, 1.82) is 0 Å². The number of allylic oxidation sites excluding steroid dienone is 1. The van der Waals surface area contributed by atoms with Crippen LogP contribution >= 0.6 is 0 Å². The van der Waals surface area contributed by atoms with Crippen molar-refractivity contribution in [2.24, 2.45) is 22.7 Å². The van der Waals surface area contributed by atoms with Crippen LogP contribution < -0.4 is 0 Å². The Hall–Kier alpha value is -0.680. The Balaban J connectivity index is 1.63. The van der Waals surface area contributed by atoms with E-state index in [4.69, 9.17) is 4.74 Å². The highest BCUT2D eigenvalue weighted by Crippen LogP contribution is 2.64. The maximum atomic E-state index is 10.7. The van der Waals surface area contributed by atoms with Crippen LogP contribution in [0.5, 0.6) is 0 Å². The van der Waals surface area contributed by atoms with Crippen LogP contribution in [0.25, 0.3) is 0 Å². The Morgan fingerprint density at radius 3 is 2.65 bits per heavy atom. The van der Waals surface area contributed by atoms with Gasteiger partial charge in [-0.15, -0.1) is 0 Å². The first-order chi connectivity index (χ1) is 12.2. The van der Waals surface area contributed by atoms with E-state index in [2.05, 4.69) is 27.4 Å². The van der Waals surface area contributed by atoms with Crippen LogP contribution in [0.1, 0.15) is 59.3 Å². The normalized spacial score (nSPS) is 49.8. The summed E-state index contributed by atoms with van der Waals surface area (Å²) in [6.45, 7) is 11.4. The number of fused-ring (bicyclic) bond motifs is 2. The predicted octanol–water partition coefficient (Wildman–Crippen LogP) is 2.97. The first-order valence-corrected chi connectivity index (χ1v) is 10.2. The molecule has 4 rings (SSSR count). The Morgan fingerprint density at radius 1 is 1.23 bits per heavy atom. The third kappa shape index (κ3) is 2.49. The van der Waals surface area contributed by atoms with Crippen LogP contribution in [0.15, 0.2) is 23.8 Å². The van der Waals surface area contributed by atoms with Crippen LogP contribution in [0.4, 0.5) is 0 Å². The quantitative estimate of drug-likeness (QED) is 0.533. The molecule has 3 fully saturated rings. The van der Waals surface area contributed by atoms with Gasteiger partial charge < -0.3 is 20.1 Å². The second-order valence-electron chi connectivity index (χ2n) is 10.1. The van der Waals surface area contributed by atoms with Gasteiger partial charge in [-0.25, -0.2) is 0 Å². The van der Waals surface area contributed by atoms with Crippen LogP contribution in [0.2, 0.25) is 0 Å². The lowest BCUT2D eigenvalue weighted by Gasteiger charge is -2.58. The Bertz CT molecular complexity index is 638. The van der Waals surface area contributed by atoms with E-state index in [9.17, 15) is 15.3 Å². The molecule has 0 radical (unpaired) electrons. The van der Waals surface area contributed by atoms with Gasteiger partial charge in [0, 0.05) is 0 Å². The number of ether oxygens (including phenoxy) is 1. The molecular weight excluding hydrogens is 328 g/mol. The number of hydrogen-bond acceptors (Lipinski definition) is 4. The van der Waals surface area contributed by atoms with Crippen molar-refractivity contribution in [3.63, 3.8) is 0 Å². The van der Waals surface area contributed by atoms with Crippen molar-refractivity contribution in [2.45, 2.75) is 83.2 Å². The van der Waals surface area contributed by atoms with Gasteiger partial charge in [-0.3, -0.25) is 0 Å². The molecule has 0 unspecified atom stereocenters. The fourth-order valence-electron chi connectivity index (χ4n) is 6.81. The van der Waals surface area contributed by atoms with Gasteiger partial charge in [0.15, 0.2) is 0 Å². The molecule has 2 saturated carbocycles. The molecule has 3 aliphatic carbocycles. The molecule has 4 nitrogen and oxygen atoms in total. The average Bonchev–Trinajstić information content (AvgIpc) is 3.30. The lowest BCUT2D eigenvalue weighted by molar-refractivity contribution is -0.0644. The maximum Gasteiger partial charge on any atom is 0.128 e. The van der Waals surface area contributed by atoms with Crippen molar-refractivity contribution < 1.29 is 20.1 Å². The van der Waals surface area contributed by atoms with Crippen molar-refractivity contribution in [3.05, 3.63) is 23.8 Å². The number of aliphatic hydroxyl groups is 3.